The fourth-order valence-electron chi connectivity index (χ4n) is 2.82. The first-order valence-corrected chi connectivity index (χ1v) is 8.40. The van der Waals surface area contributed by atoms with Gasteiger partial charge in [0.2, 0.25) is 0 Å². The Morgan fingerprint density at radius 2 is 2.21 bits per heavy atom. The van der Waals surface area contributed by atoms with E-state index in [1.165, 1.54) is 10.7 Å². The van der Waals surface area contributed by atoms with E-state index in [0.717, 1.165) is 0 Å². The minimum Gasteiger partial charge on any atom is -0.488 e. The predicted molar refractivity (Wildman–Crippen MR) is 95.6 cm³/mol. The number of carbonyl (C=O) groups is 1. The summed E-state index contributed by atoms with van der Waals surface area (Å²) < 4.78 is 11.9. The van der Waals surface area contributed by atoms with Crippen molar-refractivity contribution in [1.29, 1.82) is 0 Å². The van der Waals surface area contributed by atoms with Crippen molar-refractivity contribution >= 4 is 5.91 Å². The van der Waals surface area contributed by atoms with Crippen LogP contribution in [-0.4, -0.2) is 37.7 Å². The van der Waals surface area contributed by atoms with Gasteiger partial charge in [-0.15, -0.1) is 0 Å². The normalized spacial score (nSPS) is 16.0. The number of aromatic nitrogens is 3. The fraction of sp³-hybridized carbons (Fsp3) is 0.211. The zero-order valence-corrected chi connectivity index (χ0v) is 14.8. The van der Waals surface area contributed by atoms with Crippen molar-refractivity contribution in [2.75, 3.05) is 6.61 Å². The van der Waals surface area contributed by atoms with E-state index >= 15 is 0 Å². The molecule has 142 valence electrons. The Morgan fingerprint density at radius 3 is 2.93 bits per heavy atom. The SMILES string of the molecule is Cc1cc(C(O)C#Cc2ccc3c(c2)-n2nc(C(N)=O)cc2C(O)CO3)no1. The number of hydrogen-bond acceptors (Lipinski definition) is 7. The van der Waals surface area contributed by atoms with E-state index in [1.54, 1.807) is 31.2 Å². The number of nitrogens with two attached hydrogens (primary N) is 1. The second-order valence-corrected chi connectivity index (χ2v) is 6.27. The third kappa shape index (κ3) is 3.22. The number of ether oxygens (including phenoxy) is 1. The number of fused-ring (bicyclic) bond motifs is 3. The van der Waals surface area contributed by atoms with Gasteiger partial charge in [-0.2, -0.15) is 5.10 Å². The lowest BCUT2D eigenvalue weighted by atomic mass is 10.1. The Hall–Kier alpha value is -3.61. The molecule has 4 rings (SSSR count). The van der Waals surface area contributed by atoms with E-state index < -0.39 is 18.1 Å². The molecule has 0 saturated carbocycles. The van der Waals surface area contributed by atoms with Crippen LogP contribution in [0.5, 0.6) is 5.75 Å². The highest BCUT2D eigenvalue weighted by atomic mass is 16.5. The van der Waals surface area contributed by atoms with Gasteiger partial charge in [-0.05, 0) is 31.2 Å². The zero-order valence-electron chi connectivity index (χ0n) is 14.8. The summed E-state index contributed by atoms with van der Waals surface area (Å²) in [5.41, 5.74) is 7.12. The number of hydrogen-bond donors (Lipinski definition) is 3. The molecule has 3 heterocycles. The molecule has 1 aromatic carbocycles. The van der Waals surface area contributed by atoms with Gasteiger partial charge >= 0.3 is 0 Å². The highest BCUT2D eigenvalue weighted by molar-refractivity contribution is 5.91. The van der Waals surface area contributed by atoms with Gasteiger partial charge in [0, 0.05) is 11.6 Å². The molecule has 2 aromatic heterocycles. The average Bonchev–Trinajstić information content (AvgIpc) is 3.28. The van der Waals surface area contributed by atoms with E-state index in [1.807, 2.05) is 0 Å². The average molecular weight is 380 g/mol. The Morgan fingerprint density at radius 1 is 1.39 bits per heavy atom. The number of aryl methyl sites for hydroxylation is 1. The first kappa shape index (κ1) is 17.8. The number of nitrogens with zero attached hydrogens (tertiary/aromatic N) is 3. The number of aliphatic hydroxyl groups excluding tert-OH is 2. The van der Waals surface area contributed by atoms with E-state index in [0.29, 0.717) is 34.1 Å². The van der Waals surface area contributed by atoms with Crippen LogP contribution >= 0.6 is 0 Å². The highest BCUT2D eigenvalue weighted by Gasteiger charge is 2.25. The van der Waals surface area contributed by atoms with Crippen molar-refractivity contribution in [3.63, 3.8) is 0 Å². The van der Waals surface area contributed by atoms with Gasteiger partial charge in [-0.25, -0.2) is 4.68 Å². The van der Waals surface area contributed by atoms with E-state index in [2.05, 4.69) is 22.1 Å². The smallest absolute Gasteiger partial charge is 0.269 e. The number of benzene rings is 1. The van der Waals surface area contributed by atoms with Crippen molar-refractivity contribution in [1.82, 2.24) is 14.9 Å². The van der Waals surface area contributed by atoms with Gasteiger partial charge in [-0.3, -0.25) is 4.79 Å². The second kappa shape index (κ2) is 6.84. The first-order valence-electron chi connectivity index (χ1n) is 8.40. The maximum Gasteiger partial charge on any atom is 0.269 e. The third-order valence-electron chi connectivity index (χ3n) is 4.19. The van der Waals surface area contributed by atoms with Crippen molar-refractivity contribution in [3.8, 4) is 23.3 Å². The standard InChI is InChI=1S/C19H16N4O5/c1-10-6-12(22-28-10)16(24)4-2-11-3-5-18-15(7-11)23-14(17(25)9-27-18)8-13(21-23)19(20)26/h3,5-8,16-17,24-25H,9H2,1H3,(H2,20,26). The molecular formula is C19H16N4O5. The largest absolute Gasteiger partial charge is 0.488 e. The van der Waals surface area contributed by atoms with Gasteiger partial charge in [0.05, 0.1) is 5.69 Å². The van der Waals surface area contributed by atoms with Crippen LogP contribution in [-0.2, 0) is 0 Å². The molecule has 1 aliphatic heterocycles. The molecule has 28 heavy (non-hydrogen) atoms. The monoisotopic (exact) mass is 380 g/mol. The van der Waals surface area contributed by atoms with E-state index in [-0.39, 0.29) is 12.3 Å². The van der Waals surface area contributed by atoms with Crippen molar-refractivity contribution < 1.29 is 24.3 Å². The maximum absolute atomic E-state index is 11.5. The van der Waals surface area contributed by atoms with Crippen LogP contribution in [0.4, 0.5) is 0 Å². The lowest BCUT2D eigenvalue weighted by Gasteiger charge is -2.08. The first-order chi connectivity index (χ1) is 13.4. The molecule has 0 bridgehead atoms. The Kier molecular flexibility index (Phi) is 4.35. The molecule has 2 unspecified atom stereocenters. The van der Waals surface area contributed by atoms with Crippen LogP contribution in [0.25, 0.3) is 5.69 Å². The zero-order chi connectivity index (χ0) is 19.8. The van der Waals surface area contributed by atoms with Gasteiger partial charge < -0.3 is 25.2 Å². The molecule has 1 amide bonds. The quantitative estimate of drug-likeness (QED) is 0.559. The summed E-state index contributed by atoms with van der Waals surface area (Å²) in [5.74, 6) is 5.91. The van der Waals surface area contributed by atoms with Crippen molar-refractivity contribution in [3.05, 3.63) is 58.7 Å². The van der Waals surface area contributed by atoms with Gasteiger partial charge in [0.25, 0.3) is 5.91 Å². The second-order valence-electron chi connectivity index (χ2n) is 6.27. The van der Waals surface area contributed by atoms with Crippen LogP contribution in [0.3, 0.4) is 0 Å². The molecule has 2 atom stereocenters. The fourth-order valence-corrected chi connectivity index (χ4v) is 2.82. The molecule has 3 aromatic rings. The van der Waals surface area contributed by atoms with E-state index in [9.17, 15) is 15.0 Å². The molecule has 0 fully saturated rings. The molecule has 0 radical (unpaired) electrons. The topological polar surface area (TPSA) is 137 Å². The summed E-state index contributed by atoms with van der Waals surface area (Å²) in [5, 5.41) is 28.3. The lowest BCUT2D eigenvalue weighted by Crippen LogP contribution is -2.12. The molecular weight excluding hydrogens is 364 g/mol. The molecule has 9 heteroatoms. The summed E-state index contributed by atoms with van der Waals surface area (Å²) in [6, 6.07) is 8.11. The molecule has 4 N–H and O–H groups in total. The van der Waals surface area contributed by atoms with Crippen LogP contribution < -0.4 is 10.5 Å². The summed E-state index contributed by atoms with van der Waals surface area (Å²) in [4.78, 5) is 11.5. The predicted octanol–water partition coefficient (Wildman–Crippen LogP) is 0.779. The van der Waals surface area contributed by atoms with Gasteiger partial charge in [-0.1, -0.05) is 17.0 Å². The Balaban J connectivity index is 1.72. The minimum atomic E-state index is -1.10. The minimum absolute atomic E-state index is 0.00610. The summed E-state index contributed by atoms with van der Waals surface area (Å²) in [7, 11) is 0. The number of carbonyl (C=O) groups excluding carboxylic acids is 1. The third-order valence-corrected chi connectivity index (χ3v) is 4.19. The molecule has 0 saturated heterocycles. The Bertz CT molecular complexity index is 1120. The molecule has 0 spiro atoms. The molecule has 0 aliphatic carbocycles. The summed E-state index contributed by atoms with van der Waals surface area (Å²) in [6.07, 6.45) is -2.07. The maximum atomic E-state index is 11.5. The van der Waals surface area contributed by atoms with Crippen LogP contribution in [0, 0.1) is 18.8 Å². The Labute approximate surface area is 159 Å². The van der Waals surface area contributed by atoms with Crippen LogP contribution in [0.15, 0.2) is 34.9 Å². The van der Waals surface area contributed by atoms with Gasteiger partial charge in [0.15, 0.2) is 11.8 Å². The summed E-state index contributed by atoms with van der Waals surface area (Å²) >= 11 is 0. The summed E-state index contributed by atoms with van der Waals surface area (Å²) in [6.45, 7) is 1.73. The number of aliphatic hydroxyl groups is 2. The number of primary amides is 1. The van der Waals surface area contributed by atoms with Crippen molar-refractivity contribution in [2.24, 2.45) is 5.73 Å². The van der Waals surface area contributed by atoms with Gasteiger partial charge in [0.1, 0.15) is 35.6 Å². The molecule has 1 aliphatic rings. The highest BCUT2D eigenvalue weighted by Crippen LogP contribution is 2.31. The van der Waals surface area contributed by atoms with Crippen molar-refractivity contribution in [2.45, 2.75) is 19.1 Å². The number of amides is 1. The molecule has 9 nitrogen and oxygen atoms in total. The number of rotatable bonds is 2. The van der Waals surface area contributed by atoms with E-state index in [4.69, 9.17) is 15.0 Å². The van der Waals surface area contributed by atoms with Crippen LogP contribution in [0.2, 0.25) is 0 Å². The lowest BCUT2D eigenvalue weighted by molar-refractivity contribution is 0.0995. The van der Waals surface area contributed by atoms with Crippen LogP contribution in [0.1, 0.15) is 45.4 Å².